The van der Waals surface area contributed by atoms with E-state index in [9.17, 15) is 5.11 Å². The smallest absolute Gasteiger partial charge is 0.216 e. The first kappa shape index (κ1) is 14.4. The highest BCUT2D eigenvalue weighted by atomic mass is 16.5. The molecule has 5 aliphatic rings. The van der Waals surface area contributed by atoms with Crippen molar-refractivity contribution in [2.45, 2.75) is 58.4 Å². The van der Waals surface area contributed by atoms with E-state index in [0.717, 1.165) is 44.9 Å². The average Bonchev–Trinajstić information content (AvgIpc) is 2.33. The van der Waals surface area contributed by atoms with E-state index >= 15 is 0 Å². The van der Waals surface area contributed by atoms with Crippen LogP contribution in [0.2, 0.25) is 0 Å². The van der Waals surface area contributed by atoms with Crippen molar-refractivity contribution >= 4 is 0 Å². The van der Waals surface area contributed by atoms with Crippen molar-refractivity contribution in [3.63, 3.8) is 0 Å². The van der Waals surface area contributed by atoms with Gasteiger partial charge < -0.3 is 9.84 Å². The first-order chi connectivity index (χ1) is 9.73. The maximum atomic E-state index is 10.8. The van der Waals surface area contributed by atoms with Crippen LogP contribution in [-0.4, -0.2) is 55.8 Å². The zero-order valence-electron chi connectivity index (χ0n) is 14.0. The summed E-state index contributed by atoms with van der Waals surface area (Å²) in [7, 11) is 0. The average molecular weight is 296 g/mol. The minimum Gasteiger partial charge on any atom is -0.391 e. The van der Waals surface area contributed by atoms with Gasteiger partial charge in [-0.1, -0.05) is 0 Å². The molecule has 0 radical (unpaired) electrons. The van der Waals surface area contributed by atoms with E-state index in [-0.39, 0.29) is 22.5 Å². The van der Waals surface area contributed by atoms with E-state index in [1.54, 1.807) is 9.80 Å². The second-order valence-corrected chi connectivity index (χ2v) is 9.57. The molecule has 4 nitrogen and oxygen atoms in total. The lowest BCUT2D eigenvalue weighted by Gasteiger charge is -2.64. The molecule has 0 aromatic heterocycles. The summed E-state index contributed by atoms with van der Waals surface area (Å²) in [5.74, 6) is 0.781. The summed E-state index contributed by atoms with van der Waals surface area (Å²) >= 11 is 0. The van der Waals surface area contributed by atoms with Crippen molar-refractivity contribution in [2.24, 2.45) is 16.7 Å². The normalized spacial score (nSPS) is 58.4. The third-order valence-corrected chi connectivity index (χ3v) is 6.93. The fourth-order valence-electron chi connectivity index (χ4n) is 6.51. The minimum absolute atomic E-state index is 0.0476. The molecule has 0 aromatic carbocycles. The molecule has 0 amide bonds. The topological polar surface area (TPSA) is 38.3 Å². The summed E-state index contributed by atoms with van der Waals surface area (Å²) in [5.41, 5.74) is 0.312. The molecule has 5 rings (SSSR count). The van der Waals surface area contributed by atoms with Crippen molar-refractivity contribution in [1.82, 2.24) is 0 Å². The van der Waals surface area contributed by atoms with Gasteiger partial charge in [-0.3, -0.25) is 9.80 Å². The maximum absolute atomic E-state index is 10.8. The van der Waals surface area contributed by atoms with Crippen LogP contribution in [0, 0.1) is 16.7 Å². The number of aliphatic hydroxyl groups is 1. The van der Waals surface area contributed by atoms with Gasteiger partial charge in [0.15, 0.2) is 0 Å². The van der Waals surface area contributed by atoms with E-state index < -0.39 is 0 Å². The van der Waals surface area contributed by atoms with Crippen molar-refractivity contribution < 1.29 is 19.6 Å². The molecule has 0 aromatic rings. The number of piperidine rings is 2. The van der Waals surface area contributed by atoms with E-state index in [1.165, 1.54) is 12.8 Å². The van der Waals surface area contributed by atoms with E-state index in [0.29, 0.717) is 0 Å². The lowest BCUT2D eigenvalue weighted by molar-refractivity contribution is -1.18. The Balaban J connectivity index is 1.60. The largest absolute Gasteiger partial charge is 0.391 e. The monoisotopic (exact) mass is 296 g/mol. The SMILES string of the molecule is CC1(C)C[C@@H](C2[NH+]3CC4(C)C[NH+]2CC(C)(C3)C4O)CCO1. The summed E-state index contributed by atoms with van der Waals surface area (Å²) in [6.45, 7) is 14.7. The van der Waals surface area contributed by atoms with Gasteiger partial charge >= 0.3 is 0 Å². The molecule has 4 bridgehead atoms. The molecule has 0 saturated carbocycles. The first-order valence-electron chi connectivity index (χ1n) is 8.74. The maximum Gasteiger partial charge on any atom is 0.216 e. The molecule has 4 heteroatoms. The van der Waals surface area contributed by atoms with Crippen LogP contribution < -0.4 is 9.80 Å². The van der Waals surface area contributed by atoms with Gasteiger partial charge in [0.25, 0.3) is 0 Å². The third-order valence-electron chi connectivity index (χ3n) is 6.93. The van der Waals surface area contributed by atoms with Crippen LogP contribution in [0.4, 0.5) is 0 Å². The zero-order chi connectivity index (χ0) is 15.0. The van der Waals surface area contributed by atoms with Crippen LogP contribution in [0.1, 0.15) is 40.5 Å². The lowest BCUT2D eigenvalue weighted by Crippen LogP contribution is -3.45. The van der Waals surface area contributed by atoms with Crippen LogP contribution in [0.5, 0.6) is 0 Å². The predicted molar refractivity (Wildman–Crippen MR) is 80.2 cm³/mol. The molecular formula is C17H32N2O2+2. The summed E-state index contributed by atoms with van der Waals surface area (Å²) in [4.78, 5) is 3.53. The van der Waals surface area contributed by atoms with Gasteiger partial charge in [-0.05, 0) is 40.5 Å². The van der Waals surface area contributed by atoms with Crippen molar-refractivity contribution in [3.8, 4) is 0 Å². The number of aliphatic hydroxyl groups excluding tert-OH is 1. The minimum atomic E-state index is -0.107. The van der Waals surface area contributed by atoms with E-state index in [1.807, 2.05) is 0 Å². The van der Waals surface area contributed by atoms with Crippen LogP contribution >= 0.6 is 0 Å². The third kappa shape index (κ3) is 2.03. The van der Waals surface area contributed by atoms with E-state index in [2.05, 4.69) is 27.7 Å². The van der Waals surface area contributed by atoms with E-state index in [4.69, 9.17) is 4.74 Å². The van der Waals surface area contributed by atoms with Gasteiger partial charge in [-0.2, -0.15) is 0 Å². The van der Waals surface area contributed by atoms with Crippen LogP contribution in [0.25, 0.3) is 0 Å². The van der Waals surface area contributed by atoms with Gasteiger partial charge in [0.1, 0.15) is 0 Å². The Morgan fingerprint density at radius 1 is 0.952 bits per heavy atom. The van der Waals surface area contributed by atoms with Crippen molar-refractivity contribution in [2.75, 3.05) is 32.8 Å². The molecular weight excluding hydrogens is 264 g/mol. The quantitative estimate of drug-likeness (QED) is 0.563. The summed E-state index contributed by atoms with van der Waals surface area (Å²) in [5, 5.41) is 10.8. The molecule has 120 valence electrons. The zero-order valence-corrected chi connectivity index (χ0v) is 14.0. The Bertz CT molecular complexity index is 412. The first-order valence-corrected chi connectivity index (χ1v) is 8.74. The molecule has 5 aliphatic heterocycles. The molecule has 5 fully saturated rings. The fraction of sp³-hybridized carbons (Fsp3) is 1.00. The number of quaternary nitrogens is 2. The second kappa shape index (κ2) is 4.22. The highest BCUT2D eigenvalue weighted by Crippen LogP contribution is 2.40. The van der Waals surface area contributed by atoms with Crippen LogP contribution in [0.3, 0.4) is 0 Å². The summed E-state index contributed by atoms with van der Waals surface area (Å²) in [6, 6.07) is 0. The Labute approximate surface area is 128 Å². The number of hydrogen-bond donors (Lipinski definition) is 3. The molecule has 21 heavy (non-hydrogen) atoms. The van der Waals surface area contributed by atoms with Gasteiger partial charge in [0.05, 0.1) is 54.6 Å². The lowest BCUT2D eigenvalue weighted by atomic mass is 9.60. The van der Waals surface area contributed by atoms with Crippen LogP contribution in [0.15, 0.2) is 0 Å². The van der Waals surface area contributed by atoms with Gasteiger partial charge in [-0.15, -0.1) is 0 Å². The Hall–Kier alpha value is -0.160. The Kier molecular flexibility index (Phi) is 2.90. The molecule has 1 atom stereocenters. The van der Waals surface area contributed by atoms with Gasteiger partial charge in [0.2, 0.25) is 6.17 Å². The predicted octanol–water partition coefficient (Wildman–Crippen LogP) is -1.30. The van der Waals surface area contributed by atoms with Gasteiger partial charge in [0, 0.05) is 6.61 Å². The second-order valence-electron chi connectivity index (χ2n) is 9.57. The van der Waals surface area contributed by atoms with Gasteiger partial charge in [-0.25, -0.2) is 0 Å². The molecule has 3 N–H and O–H groups in total. The van der Waals surface area contributed by atoms with Crippen molar-refractivity contribution in [3.05, 3.63) is 0 Å². The Morgan fingerprint density at radius 3 is 1.95 bits per heavy atom. The number of hydrogen-bond acceptors (Lipinski definition) is 2. The molecule has 0 unspecified atom stereocenters. The highest BCUT2D eigenvalue weighted by Gasteiger charge is 2.68. The van der Waals surface area contributed by atoms with Crippen molar-refractivity contribution in [1.29, 1.82) is 0 Å². The molecule has 5 heterocycles. The summed E-state index contributed by atoms with van der Waals surface area (Å²) in [6.07, 6.45) is 3.05. The number of nitrogens with one attached hydrogen (secondary N) is 2. The highest BCUT2D eigenvalue weighted by molar-refractivity contribution is 5.01. The molecule has 5 saturated heterocycles. The molecule has 0 aliphatic carbocycles. The Morgan fingerprint density at radius 2 is 1.48 bits per heavy atom. The summed E-state index contributed by atoms with van der Waals surface area (Å²) < 4.78 is 5.94. The fourth-order valence-corrected chi connectivity index (χ4v) is 6.51. The number of rotatable bonds is 1. The van der Waals surface area contributed by atoms with Crippen LogP contribution in [-0.2, 0) is 4.74 Å². The molecule has 0 spiro atoms. The number of ether oxygens (including phenoxy) is 1. The standard InChI is InChI=1S/C17H30N2O2/c1-15(2)7-12(5-6-21-15)13-18-8-16(3)9-19(13)11-17(4,10-18)14(16)20/h12-14,20H,5-11H2,1-4H3/p+2/t12-,13?,14?,16?,17?/m0/s1.